The standard InChI is InChI=1S/C78H86O16/c1-3-59-45-28-46-63(67(59)94-77-71(85-50-57-35-18-7-19-36-57)69(84-49-56-33-16-6-17-34-56)66(53(2)88-77)83-48-55-31-14-5-15-32-55)90-78-72(93-75(81)62-43-26-11-27-44-62)70(89-64(47-54-29-12-4-13-30-54)76(82)86-51-58-37-20-8-21-38-58)68(92-74(80)61-41-24-10-25-42-61)65(91-78)52-87-73(79)60-39-22-9-23-40-60/h5-11,14-27,31-44,53-54,59,63-72,77-78H,3-4,12-13,28-30,45-52H2,1-2H3/t53-,59-,63+,64-,65+,66+,67+,68-,69+,70-,71-,72+,77-,78+/m0/s1. The smallest absolute Gasteiger partial charge is 0.338 e. The van der Waals surface area contributed by atoms with E-state index in [4.69, 9.17) is 56.8 Å². The van der Waals surface area contributed by atoms with Gasteiger partial charge in [-0.15, -0.1) is 0 Å². The minimum absolute atomic E-state index is 0.0504. The fraction of sp³-hybridized carbons (Fsp3) is 0.410. The highest BCUT2D eigenvalue weighted by molar-refractivity contribution is 5.90. The lowest BCUT2D eigenvalue weighted by atomic mass is 9.82. The number of benzene rings is 7. The lowest BCUT2D eigenvalue weighted by molar-refractivity contribution is -0.356. The Morgan fingerprint density at radius 2 is 0.883 bits per heavy atom. The summed E-state index contributed by atoms with van der Waals surface area (Å²) >= 11 is 0. The lowest BCUT2D eigenvalue weighted by Crippen LogP contribution is -2.65. The largest absolute Gasteiger partial charge is 0.459 e. The van der Waals surface area contributed by atoms with E-state index in [0.717, 1.165) is 60.8 Å². The van der Waals surface area contributed by atoms with Gasteiger partial charge in [0.05, 0.1) is 54.8 Å². The molecule has 494 valence electrons. The number of hydrogen-bond acceptors (Lipinski definition) is 16. The Balaban J connectivity index is 0.985. The second-order valence-electron chi connectivity index (χ2n) is 24.8. The summed E-state index contributed by atoms with van der Waals surface area (Å²) in [7, 11) is 0. The van der Waals surface area contributed by atoms with Crippen LogP contribution in [-0.2, 0) is 88.1 Å². The van der Waals surface area contributed by atoms with E-state index in [9.17, 15) is 14.4 Å². The molecule has 94 heavy (non-hydrogen) atoms. The highest BCUT2D eigenvalue weighted by Gasteiger charge is 2.56. The van der Waals surface area contributed by atoms with Crippen molar-refractivity contribution in [2.24, 2.45) is 11.8 Å². The third-order valence-corrected chi connectivity index (χ3v) is 18.2. The van der Waals surface area contributed by atoms with E-state index in [1.54, 1.807) is 91.0 Å². The van der Waals surface area contributed by atoms with Crippen molar-refractivity contribution in [1.29, 1.82) is 0 Å². The van der Waals surface area contributed by atoms with E-state index in [1.807, 2.05) is 128 Å². The van der Waals surface area contributed by atoms with Crippen LogP contribution in [0.15, 0.2) is 212 Å². The number of hydrogen-bond donors (Lipinski definition) is 0. The lowest BCUT2D eigenvalue weighted by Gasteiger charge is -2.49. The first-order chi connectivity index (χ1) is 46.1. The van der Waals surface area contributed by atoms with Gasteiger partial charge >= 0.3 is 23.9 Å². The second-order valence-corrected chi connectivity index (χ2v) is 24.8. The number of carbonyl (C=O) groups excluding carboxylic acids is 4. The fourth-order valence-electron chi connectivity index (χ4n) is 13.1. The van der Waals surface area contributed by atoms with E-state index < -0.39 is 110 Å². The zero-order chi connectivity index (χ0) is 64.9. The molecule has 14 atom stereocenters. The average Bonchev–Trinajstić information content (AvgIpc) is 0.802. The van der Waals surface area contributed by atoms with Crippen LogP contribution in [0.5, 0.6) is 0 Å². The van der Waals surface area contributed by atoms with Crippen LogP contribution in [0.3, 0.4) is 0 Å². The maximum atomic E-state index is 15.0. The summed E-state index contributed by atoms with van der Waals surface area (Å²) in [6.45, 7) is 4.24. The van der Waals surface area contributed by atoms with Gasteiger partial charge < -0.3 is 56.8 Å². The van der Waals surface area contributed by atoms with E-state index >= 15 is 4.79 Å². The minimum Gasteiger partial charge on any atom is -0.459 e. The summed E-state index contributed by atoms with van der Waals surface area (Å²) in [5.41, 5.74) is 4.29. The second kappa shape index (κ2) is 34.5. The van der Waals surface area contributed by atoms with Crippen molar-refractivity contribution in [1.82, 2.24) is 0 Å². The van der Waals surface area contributed by atoms with Crippen LogP contribution in [0.2, 0.25) is 0 Å². The van der Waals surface area contributed by atoms with Gasteiger partial charge in [-0.2, -0.15) is 0 Å². The summed E-state index contributed by atoms with van der Waals surface area (Å²) in [5, 5.41) is 0. The molecular weight excluding hydrogens is 1190 g/mol. The maximum absolute atomic E-state index is 15.0. The predicted octanol–water partition coefficient (Wildman–Crippen LogP) is 14.0. The first-order valence-corrected chi connectivity index (χ1v) is 33.3. The van der Waals surface area contributed by atoms with Crippen molar-refractivity contribution < 1.29 is 76.0 Å². The van der Waals surface area contributed by atoms with Crippen LogP contribution < -0.4 is 0 Å². The Labute approximate surface area is 551 Å². The number of ether oxygens (including phenoxy) is 12. The van der Waals surface area contributed by atoms with Gasteiger partial charge in [0.1, 0.15) is 43.7 Å². The molecule has 0 aromatic heterocycles. The molecule has 0 amide bonds. The van der Waals surface area contributed by atoms with Crippen molar-refractivity contribution in [3.8, 4) is 0 Å². The SMILES string of the molecule is CC[C@H]1CCC[C@@H](O[C@@H]2O[C@H](COC(=O)c3ccccc3)[C@H](OC(=O)c3ccccc3)[C@H](O[C@@H](CC3CCCCC3)C(=O)OCc3ccccc3)[C@H]2OC(=O)c2ccccc2)[C@@H]1O[C@@H]1O[C@@H](C)[C@@H](OCc2ccccc2)[C@@H](OCc2ccccc2)[C@@H]1OCc1ccccc1. The quantitative estimate of drug-likeness (QED) is 0.0334. The number of carbonyl (C=O) groups is 4. The fourth-order valence-corrected chi connectivity index (χ4v) is 13.1. The summed E-state index contributed by atoms with van der Waals surface area (Å²) < 4.78 is 82.8. The molecular formula is C78H86O16. The molecule has 0 N–H and O–H groups in total. The van der Waals surface area contributed by atoms with Gasteiger partial charge in [0.15, 0.2) is 30.9 Å². The molecule has 0 spiro atoms. The first-order valence-electron chi connectivity index (χ1n) is 33.3. The molecule has 2 aliphatic heterocycles. The van der Waals surface area contributed by atoms with Crippen molar-refractivity contribution in [3.63, 3.8) is 0 Å². The molecule has 0 unspecified atom stereocenters. The van der Waals surface area contributed by atoms with Gasteiger partial charge in [0.2, 0.25) is 0 Å². The van der Waals surface area contributed by atoms with E-state index in [2.05, 4.69) is 6.92 Å². The van der Waals surface area contributed by atoms with Crippen LogP contribution in [0.1, 0.15) is 131 Å². The van der Waals surface area contributed by atoms with Crippen molar-refractivity contribution >= 4 is 23.9 Å². The van der Waals surface area contributed by atoms with Gasteiger partial charge in [-0.25, -0.2) is 19.2 Å². The Morgan fingerprint density at radius 1 is 0.426 bits per heavy atom. The summed E-state index contributed by atoms with van der Waals surface area (Å²) in [5.74, 6) is -2.96. The van der Waals surface area contributed by atoms with Gasteiger partial charge in [-0.1, -0.05) is 228 Å². The molecule has 0 bridgehead atoms. The maximum Gasteiger partial charge on any atom is 0.338 e. The average molecular weight is 1280 g/mol. The molecule has 7 aromatic rings. The van der Waals surface area contributed by atoms with E-state index in [-0.39, 0.29) is 61.4 Å². The van der Waals surface area contributed by atoms with Crippen LogP contribution in [0.25, 0.3) is 0 Å². The Morgan fingerprint density at radius 3 is 1.40 bits per heavy atom. The highest BCUT2D eigenvalue weighted by atomic mass is 16.8. The van der Waals surface area contributed by atoms with Crippen molar-refractivity contribution in [2.75, 3.05) is 6.61 Å². The van der Waals surface area contributed by atoms with Gasteiger partial charge in [-0.05, 0) is 96.7 Å². The minimum atomic E-state index is -1.58. The molecule has 16 nitrogen and oxygen atoms in total. The molecule has 2 aliphatic carbocycles. The van der Waals surface area contributed by atoms with Crippen LogP contribution in [0.4, 0.5) is 0 Å². The normalized spacial score (nSPS) is 25.9. The zero-order valence-corrected chi connectivity index (χ0v) is 53.5. The van der Waals surface area contributed by atoms with Crippen LogP contribution in [-0.4, -0.2) is 110 Å². The Bertz CT molecular complexity index is 3400. The van der Waals surface area contributed by atoms with Crippen LogP contribution >= 0.6 is 0 Å². The molecule has 16 heteroatoms. The molecule has 2 saturated heterocycles. The van der Waals surface area contributed by atoms with Crippen LogP contribution in [0, 0.1) is 11.8 Å². The first kappa shape index (κ1) is 67.5. The Kier molecular flexibility index (Phi) is 24.8. The van der Waals surface area contributed by atoms with E-state index in [0.29, 0.717) is 19.3 Å². The molecule has 0 radical (unpaired) electrons. The molecule has 4 fully saturated rings. The van der Waals surface area contributed by atoms with E-state index in [1.165, 1.54) is 0 Å². The van der Waals surface area contributed by atoms with Crippen molar-refractivity contribution in [2.45, 2.75) is 184 Å². The molecule has 7 aromatic carbocycles. The molecule has 4 aliphatic rings. The summed E-state index contributed by atoms with van der Waals surface area (Å²) in [6, 6.07) is 64.5. The zero-order valence-electron chi connectivity index (χ0n) is 53.5. The van der Waals surface area contributed by atoms with Crippen molar-refractivity contribution in [3.05, 3.63) is 251 Å². The summed E-state index contributed by atoms with van der Waals surface area (Å²) in [6.07, 6.45) is -6.71. The Hall–Kier alpha value is -7.90. The third kappa shape index (κ3) is 18.5. The van der Waals surface area contributed by atoms with Gasteiger partial charge in [0, 0.05) is 0 Å². The third-order valence-electron chi connectivity index (χ3n) is 18.2. The highest BCUT2D eigenvalue weighted by Crippen LogP contribution is 2.41. The predicted molar refractivity (Wildman–Crippen MR) is 350 cm³/mol. The molecule has 2 heterocycles. The topological polar surface area (TPSA) is 179 Å². The molecule has 11 rings (SSSR count). The monoisotopic (exact) mass is 1280 g/mol. The van der Waals surface area contributed by atoms with Gasteiger partial charge in [-0.3, -0.25) is 0 Å². The molecule has 2 saturated carbocycles. The number of esters is 4. The van der Waals surface area contributed by atoms with Gasteiger partial charge in [0.25, 0.3) is 0 Å². The summed E-state index contributed by atoms with van der Waals surface area (Å²) in [4.78, 5) is 58.7. The number of rotatable bonds is 28.